The summed E-state index contributed by atoms with van der Waals surface area (Å²) in [6.45, 7) is 6.01. The predicted octanol–water partition coefficient (Wildman–Crippen LogP) is 3.57. The van der Waals surface area contributed by atoms with E-state index < -0.39 is 0 Å². The SMILES string of the molecule is CCNCc1ccccc1-c1c(-c2ccccc2C)nnn1C. The van der Waals surface area contributed by atoms with Crippen LogP contribution >= 0.6 is 0 Å². The lowest BCUT2D eigenvalue weighted by Gasteiger charge is -2.12. The van der Waals surface area contributed by atoms with Gasteiger partial charge in [0.2, 0.25) is 0 Å². The summed E-state index contributed by atoms with van der Waals surface area (Å²) in [5.74, 6) is 0. The first-order chi connectivity index (χ1) is 11.2. The Morgan fingerprint density at radius 1 is 1.00 bits per heavy atom. The van der Waals surface area contributed by atoms with Gasteiger partial charge in [-0.1, -0.05) is 60.7 Å². The highest BCUT2D eigenvalue weighted by molar-refractivity contribution is 5.81. The lowest BCUT2D eigenvalue weighted by atomic mass is 9.98. The Morgan fingerprint density at radius 3 is 2.43 bits per heavy atom. The van der Waals surface area contributed by atoms with E-state index in [0.29, 0.717) is 0 Å². The standard InChI is InChI=1S/C19H22N4/c1-4-20-13-15-10-6-8-12-17(15)19-18(21-22-23(19)3)16-11-7-5-9-14(16)2/h5-12,20H,4,13H2,1-3H3. The van der Waals surface area contributed by atoms with Gasteiger partial charge in [0.25, 0.3) is 0 Å². The van der Waals surface area contributed by atoms with Crippen LogP contribution in [0.5, 0.6) is 0 Å². The van der Waals surface area contributed by atoms with E-state index in [4.69, 9.17) is 0 Å². The number of rotatable bonds is 5. The molecule has 0 aliphatic heterocycles. The minimum atomic E-state index is 0.838. The number of hydrogen-bond donors (Lipinski definition) is 1. The van der Waals surface area contributed by atoms with Crippen LogP contribution in [-0.2, 0) is 13.6 Å². The number of aromatic nitrogens is 3. The van der Waals surface area contributed by atoms with Gasteiger partial charge in [0.1, 0.15) is 5.69 Å². The Labute approximate surface area is 137 Å². The fourth-order valence-electron chi connectivity index (χ4n) is 2.84. The van der Waals surface area contributed by atoms with Gasteiger partial charge in [0.05, 0.1) is 5.69 Å². The molecule has 0 saturated heterocycles. The molecule has 0 unspecified atom stereocenters. The van der Waals surface area contributed by atoms with Gasteiger partial charge in [-0.2, -0.15) is 0 Å². The maximum Gasteiger partial charge on any atom is 0.121 e. The third-order valence-corrected chi connectivity index (χ3v) is 4.06. The van der Waals surface area contributed by atoms with E-state index in [1.54, 1.807) is 0 Å². The quantitative estimate of drug-likeness (QED) is 0.783. The summed E-state index contributed by atoms with van der Waals surface area (Å²) in [6, 6.07) is 16.8. The van der Waals surface area contributed by atoms with E-state index in [2.05, 4.69) is 65.9 Å². The number of nitrogens with one attached hydrogen (secondary N) is 1. The van der Waals surface area contributed by atoms with Crippen LogP contribution in [-0.4, -0.2) is 21.5 Å². The van der Waals surface area contributed by atoms with Crippen LogP contribution in [0.25, 0.3) is 22.5 Å². The molecule has 2 aromatic carbocycles. The zero-order chi connectivity index (χ0) is 16.2. The van der Waals surface area contributed by atoms with Crippen molar-refractivity contribution < 1.29 is 0 Å². The largest absolute Gasteiger partial charge is 0.313 e. The summed E-state index contributed by atoms with van der Waals surface area (Å²) in [6.07, 6.45) is 0. The number of hydrogen-bond acceptors (Lipinski definition) is 3. The van der Waals surface area contributed by atoms with Gasteiger partial charge in [-0.3, -0.25) is 0 Å². The maximum absolute atomic E-state index is 4.44. The summed E-state index contributed by atoms with van der Waals surface area (Å²) >= 11 is 0. The molecule has 1 aromatic heterocycles. The lowest BCUT2D eigenvalue weighted by Crippen LogP contribution is -2.13. The molecule has 0 amide bonds. The topological polar surface area (TPSA) is 42.7 Å². The van der Waals surface area contributed by atoms with Crippen molar-refractivity contribution in [1.82, 2.24) is 20.3 Å². The number of nitrogens with zero attached hydrogens (tertiary/aromatic N) is 3. The Kier molecular flexibility index (Phi) is 4.53. The highest BCUT2D eigenvalue weighted by Crippen LogP contribution is 2.33. The van der Waals surface area contributed by atoms with Crippen molar-refractivity contribution in [2.75, 3.05) is 6.54 Å². The van der Waals surface area contributed by atoms with Crippen molar-refractivity contribution in [1.29, 1.82) is 0 Å². The Morgan fingerprint density at radius 2 is 1.70 bits per heavy atom. The molecule has 0 aliphatic rings. The first kappa shape index (κ1) is 15.4. The molecular weight excluding hydrogens is 284 g/mol. The van der Waals surface area contributed by atoms with Crippen molar-refractivity contribution >= 4 is 0 Å². The molecule has 0 bridgehead atoms. The van der Waals surface area contributed by atoms with Gasteiger partial charge in [-0.05, 0) is 24.6 Å². The monoisotopic (exact) mass is 306 g/mol. The van der Waals surface area contributed by atoms with Gasteiger partial charge in [0, 0.05) is 24.7 Å². The van der Waals surface area contributed by atoms with Gasteiger partial charge in [0.15, 0.2) is 0 Å². The first-order valence-electron chi connectivity index (χ1n) is 7.97. The van der Waals surface area contributed by atoms with Crippen LogP contribution in [0.3, 0.4) is 0 Å². The molecule has 3 aromatic rings. The molecule has 4 heteroatoms. The van der Waals surface area contributed by atoms with Gasteiger partial charge >= 0.3 is 0 Å². The van der Waals surface area contributed by atoms with E-state index in [1.165, 1.54) is 16.7 Å². The first-order valence-corrected chi connectivity index (χ1v) is 7.97. The molecule has 4 nitrogen and oxygen atoms in total. The molecule has 0 atom stereocenters. The molecule has 3 rings (SSSR count). The zero-order valence-corrected chi connectivity index (χ0v) is 13.9. The van der Waals surface area contributed by atoms with Gasteiger partial charge in [-0.15, -0.1) is 5.10 Å². The van der Waals surface area contributed by atoms with Crippen LogP contribution in [0.15, 0.2) is 48.5 Å². The van der Waals surface area contributed by atoms with Crippen molar-refractivity contribution in [3.05, 3.63) is 59.7 Å². The molecule has 1 N–H and O–H groups in total. The molecule has 1 heterocycles. The second-order valence-corrected chi connectivity index (χ2v) is 5.66. The van der Waals surface area contributed by atoms with E-state index in [-0.39, 0.29) is 0 Å². The molecule has 0 aliphatic carbocycles. The normalized spacial score (nSPS) is 10.9. The summed E-state index contributed by atoms with van der Waals surface area (Å²) in [5.41, 5.74) is 6.78. The lowest BCUT2D eigenvalue weighted by molar-refractivity contribution is 0.713. The van der Waals surface area contributed by atoms with E-state index in [9.17, 15) is 0 Å². The summed E-state index contributed by atoms with van der Waals surface area (Å²) in [4.78, 5) is 0. The Hall–Kier alpha value is -2.46. The summed E-state index contributed by atoms with van der Waals surface area (Å²) in [5, 5.41) is 12.1. The van der Waals surface area contributed by atoms with Crippen LogP contribution in [0, 0.1) is 6.92 Å². The Balaban J connectivity index is 2.15. The van der Waals surface area contributed by atoms with Crippen molar-refractivity contribution in [3.63, 3.8) is 0 Å². The summed E-state index contributed by atoms with van der Waals surface area (Å²) in [7, 11) is 1.95. The fraction of sp³-hybridized carbons (Fsp3) is 0.263. The minimum Gasteiger partial charge on any atom is -0.313 e. The third-order valence-electron chi connectivity index (χ3n) is 4.06. The summed E-state index contributed by atoms with van der Waals surface area (Å²) < 4.78 is 1.87. The smallest absolute Gasteiger partial charge is 0.121 e. The number of aryl methyl sites for hydroxylation is 2. The predicted molar refractivity (Wildman–Crippen MR) is 94.0 cm³/mol. The molecule has 0 radical (unpaired) electrons. The average molecular weight is 306 g/mol. The van der Waals surface area contributed by atoms with Crippen molar-refractivity contribution in [2.45, 2.75) is 20.4 Å². The Bertz CT molecular complexity index is 805. The highest BCUT2D eigenvalue weighted by atomic mass is 15.4. The van der Waals surface area contributed by atoms with Crippen molar-refractivity contribution in [3.8, 4) is 22.5 Å². The molecule has 23 heavy (non-hydrogen) atoms. The molecular formula is C19H22N4. The van der Waals surface area contributed by atoms with Crippen LogP contribution in [0.2, 0.25) is 0 Å². The minimum absolute atomic E-state index is 0.838. The molecule has 0 fully saturated rings. The molecule has 0 spiro atoms. The zero-order valence-electron chi connectivity index (χ0n) is 13.9. The van der Waals surface area contributed by atoms with Crippen LogP contribution < -0.4 is 5.32 Å². The fourth-order valence-corrected chi connectivity index (χ4v) is 2.84. The van der Waals surface area contributed by atoms with Crippen LogP contribution in [0.1, 0.15) is 18.1 Å². The van der Waals surface area contributed by atoms with Gasteiger partial charge < -0.3 is 5.32 Å². The van der Waals surface area contributed by atoms with E-state index in [0.717, 1.165) is 30.0 Å². The maximum atomic E-state index is 4.44. The van der Waals surface area contributed by atoms with Gasteiger partial charge in [-0.25, -0.2) is 4.68 Å². The van der Waals surface area contributed by atoms with Crippen molar-refractivity contribution in [2.24, 2.45) is 7.05 Å². The van der Waals surface area contributed by atoms with E-state index in [1.807, 2.05) is 23.9 Å². The van der Waals surface area contributed by atoms with Crippen LogP contribution in [0.4, 0.5) is 0 Å². The molecule has 118 valence electrons. The average Bonchev–Trinajstić information content (AvgIpc) is 2.95. The second-order valence-electron chi connectivity index (χ2n) is 5.66. The number of benzene rings is 2. The van der Waals surface area contributed by atoms with E-state index >= 15 is 0 Å². The molecule has 0 saturated carbocycles. The highest BCUT2D eigenvalue weighted by Gasteiger charge is 2.18. The second kappa shape index (κ2) is 6.75. The third kappa shape index (κ3) is 3.03.